The van der Waals surface area contributed by atoms with Crippen molar-refractivity contribution in [3.05, 3.63) is 29.6 Å². The van der Waals surface area contributed by atoms with Gasteiger partial charge in [0.2, 0.25) is 0 Å². The summed E-state index contributed by atoms with van der Waals surface area (Å²) in [6, 6.07) is 4.06. The maximum absolute atomic E-state index is 12.6. The minimum atomic E-state index is -4.38. The molecule has 0 N–H and O–H groups in total. The van der Waals surface area contributed by atoms with Crippen molar-refractivity contribution >= 4 is 15.9 Å². The highest BCUT2D eigenvalue weighted by molar-refractivity contribution is 9.09. The zero-order valence-electron chi connectivity index (χ0n) is 9.92. The average molecular weight is 310 g/mol. The highest BCUT2D eigenvalue weighted by Gasteiger charge is 2.33. The van der Waals surface area contributed by atoms with Gasteiger partial charge in [0, 0.05) is 16.4 Å². The van der Waals surface area contributed by atoms with Crippen LogP contribution in [-0.2, 0) is 6.18 Å². The summed E-state index contributed by atoms with van der Waals surface area (Å²) in [5, 5.41) is 0. The summed E-state index contributed by atoms with van der Waals surface area (Å²) in [5.74, 6) is 0.192. The number of alkyl halides is 4. The zero-order chi connectivity index (χ0) is 13.2. The first-order chi connectivity index (χ1) is 7.73. The molecule has 0 saturated carbocycles. The number of rotatable bonds is 3. The molecule has 5 heteroatoms. The monoisotopic (exact) mass is 309 g/mol. The summed E-state index contributed by atoms with van der Waals surface area (Å²) in [4.78, 5) is 3.81. The molecule has 0 aliphatic carbocycles. The molecule has 0 bridgehead atoms. The van der Waals surface area contributed by atoms with Gasteiger partial charge in [0.25, 0.3) is 0 Å². The summed E-state index contributed by atoms with van der Waals surface area (Å²) >= 11 is 3.43. The molecular weight excluding hydrogens is 295 g/mol. The first-order valence-electron chi connectivity index (χ1n) is 5.41. The molecule has 2 atom stereocenters. The summed E-state index contributed by atoms with van der Waals surface area (Å²) in [6.45, 7) is 5.88. The quantitative estimate of drug-likeness (QED) is 0.742. The van der Waals surface area contributed by atoms with Gasteiger partial charge >= 0.3 is 6.18 Å². The topological polar surface area (TPSA) is 12.9 Å². The third-order valence-corrected chi connectivity index (χ3v) is 3.19. The van der Waals surface area contributed by atoms with Crippen molar-refractivity contribution in [2.75, 3.05) is 0 Å². The van der Waals surface area contributed by atoms with E-state index in [-0.39, 0.29) is 16.7 Å². The molecule has 17 heavy (non-hydrogen) atoms. The average Bonchev–Trinajstić information content (AvgIpc) is 2.15. The standard InChI is InChI=1S/C12H15BrF3N/c1-7(2)11(8(3)13)9-5-4-6-10(17-9)12(14,15)16/h4-8,11H,1-3H3. The van der Waals surface area contributed by atoms with Crippen LogP contribution in [0.4, 0.5) is 13.2 Å². The number of hydrogen-bond acceptors (Lipinski definition) is 1. The predicted molar refractivity (Wildman–Crippen MR) is 65.2 cm³/mol. The molecule has 1 heterocycles. The maximum Gasteiger partial charge on any atom is 0.433 e. The van der Waals surface area contributed by atoms with E-state index < -0.39 is 11.9 Å². The fourth-order valence-corrected chi connectivity index (χ4v) is 2.78. The Morgan fingerprint density at radius 3 is 2.18 bits per heavy atom. The lowest BCUT2D eigenvalue weighted by Crippen LogP contribution is -2.19. The molecule has 0 spiro atoms. The molecule has 0 aromatic carbocycles. The van der Waals surface area contributed by atoms with Crippen LogP contribution in [0.25, 0.3) is 0 Å². The van der Waals surface area contributed by atoms with Gasteiger partial charge in [-0.05, 0) is 18.1 Å². The second kappa shape index (κ2) is 5.38. The summed E-state index contributed by atoms with van der Waals surface area (Å²) in [5.41, 5.74) is -0.340. The molecule has 2 unspecified atom stereocenters. The third kappa shape index (κ3) is 3.69. The van der Waals surface area contributed by atoms with Crippen LogP contribution in [0.15, 0.2) is 18.2 Å². The smallest absolute Gasteiger partial charge is 0.248 e. The van der Waals surface area contributed by atoms with E-state index in [1.807, 2.05) is 20.8 Å². The van der Waals surface area contributed by atoms with Gasteiger partial charge < -0.3 is 0 Å². The zero-order valence-corrected chi connectivity index (χ0v) is 11.5. The van der Waals surface area contributed by atoms with E-state index in [9.17, 15) is 13.2 Å². The van der Waals surface area contributed by atoms with Crippen LogP contribution in [0, 0.1) is 5.92 Å². The third-order valence-electron chi connectivity index (χ3n) is 2.62. The molecule has 0 radical (unpaired) electrons. The second-order valence-electron chi connectivity index (χ2n) is 4.39. The second-order valence-corrected chi connectivity index (χ2v) is 5.84. The van der Waals surface area contributed by atoms with Crippen LogP contribution in [0.3, 0.4) is 0 Å². The maximum atomic E-state index is 12.6. The van der Waals surface area contributed by atoms with Gasteiger partial charge in [0.05, 0.1) is 0 Å². The van der Waals surface area contributed by atoms with E-state index in [1.165, 1.54) is 6.07 Å². The van der Waals surface area contributed by atoms with Crippen LogP contribution in [0.2, 0.25) is 0 Å². The molecule has 0 saturated heterocycles. The van der Waals surface area contributed by atoms with Gasteiger partial charge in [0.1, 0.15) is 5.69 Å². The number of halogens is 4. The predicted octanol–water partition coefficient (Wildman–Crippen LogP) is 4.62. The first kappa shape index (κ1) is 14.5. The van der Waals surface area contributed by atoms with E-state index in [0.717, 1.165) is 6.07 Å². The molecule has 1 aromatic rings. The van der Waals surface area contributed by atoms with Crippen molar-refractivity contribution in [3.8, 4) is 0 Å². The van der Waals surface area contributed by atoms with Gasteiger partial charge in [-0.15, -0.1) is 0 Å². The van der Waals surface area contributed by atoms with Crippen molar-refractivity contribution in [2.45, 2.75) is 37.7 Å². The lowest BCUT2D eigenvalue weighted by Gasteiger charge is -2.23. The summed E-state index contributed by atoms with van der Waals surface area (Å²) in [7, 11) is 0. The van der Waals surface area contributed by atoms with Gasteiger partial charge in [-0.3, -0.25) is 0 Å². The highest BCUT2D eigenvalue weighted by Crippen LogP contribution is 2.33. The summed E-state index contributed by atoms with van der Waals surface area (Å²) < 4.78 is 37.7. The Balaban J connectivity index is 3.14. The fraction of sp³-hybridized carbons (Fsp3) is 0.583. The molecule has 0 aliphatic heterocycles. The SMILES string of the molecule is CC(C)C(c1cccc(C(F)(F)F)n1)C(C)Br. The van der Waals surface area contributed by atoms with Crippen LogP contribution < -0.4 is 0 Å². The van der Waals surface area contributed by atoms with E-state index in [0.29, 0.717) is 5.69 Å². The molecule has 1 nitrogen and oxygen atoms in total. The fourth-order valence-electron chi connectivity index (χ4n) is 1.90. The highest BCUT2D eigenvalue weighted by atomic mass is 79.9. The number of hydrogen-bond donors (Lipinski definition) is 0. The van der Waals surface area contributed by atoms with Crippen LogP contribution >= 0.6 is 15.9 Å². The Kier molecular flexibility index (Phi) is 4.58. The molecule has 0 amide bonds. The number of pyridine rings is 1. The van der Waals surface area contributed by atoms with Gasteiger partial charge in [-0.2, -0.15) is 13.2 Å². The van der Waals surface area contributed by atoms with Gasteiger partial charge in [-0.1, -0.05) is 42.8 Å². The Morgan fingerprint density at radius 1 is 1.18 bits per heavy atom. The van der Waals surface area contributed by atoms with E-state index in [2.05, 4.69) is 20.9 Å². The van der Waals surface area contributed by atoms with E-state index in [4.69, 9.17) is 0 Å². The minimum absolute atomic E-state index is 0.0303. The Labute approximate surface area is 108 Å². The largest absolute Gasteiger partial charge is 0.433 e. The van der Waals surface area contributed by atoms with Crippen LogP contribution in [0.1, 0.15) is 38.1 Å². The van der Waals surface area contributed by atoms with Crippen molar-refractivity contribution in [3.63, 3.8) is 0 Å². The normalized spacial score (nSPS) is 16.0. The van der Waals surface area contributed by atoms with E-state index in [1.54, 1.807) is 6.07 Å². The number of nitrogens with zero attached hydrogens (tertiary/aromatic N) is 1. The Hall–Kier alpha value is -0.580. The van der Waals surface area contributed by atoms with E-state index >= 15 is 0 Å². The molecule has 0 aliphatic rings. The van der Waals surface area contributed by atoms with Crippen LogP contribution in [-0.4, -0.2) is 9.81 Å². The summed E-state index contributed by atoms with van der Waals surface area (Å²) in [6.07, 6.45) is -4.38. The molecule has 96 valence electrons. The van der Waals surface area contributed by atoms with Crippen molar-refractivity contribution in [1.29, 1.82) is 0 Å². The van der Waals surface area contributed by atoms with Crippen molar-refractivity contribution in [2.24, 2.45) is 5.92 Å². The van der Waals surface area contributed by atoms with Crippen molar-refractivity contribution < 1.29 is 13.2 Å². The molecule has 1 rings (SSSR count). The molecule has 0 fully saturated rings. The lowest BCUT2D eigenvalue weighted by atomic mass is 9.89. The Bertz CT molecular complexity index is 366. The van der Waals surface area contributed by atoms with Gasteiger partial charge in [-0.25, -0.2) is 4.98 Å². The number of aromatic nitrogens is 1. The van der Waals surface area contributed by atoms with Crippen molar-refractivity contribution in [1.82, 2.24) is 4.98 Å². The van der Waals surface area contributed by atoms with Crippen LogP contribution in [0.5, 0.6) is 0 Å². The molecule has 1 aromatic heterocycles. The minimum Gasteiger partial charge on any atom is -0.248 e. The first-order valence-corrected chi connectivity index (χ1v) is 6.33. The lowest BCUT2D eigenvalue weighted by molar-refractivity contribution is -0.141. The van der Waals surface area contributed by atoms with Gasteiger partial charge in [0.15, 0.2) is 0 Å². The Morgan fingerprint density at radius 2 is 1.76 bits per heavy atom. The molecular formula is C12H15BrF3N.